The van der Waals surface area contributed by atoms with Crippen LogP contribution in [0.5, 0.6) is 0 Å². The largest absolute Gasteiger partial charge is 0.381 e. The van der Waals surface area contributed by atoms with Crippen LogP contribution in [0, 0.1) is 5.92 Å². The van der Waals surface area contributed by atoms with E-state index in [-0.39, 0.29) is 6.10 Å². The van der Waals surface area contributed by atoms with Gasteiger partial charge in [-0.2, -0.15) is 0 Å². The molecule has 1 heterocycles. The number of halogens is 1. The molecule has 0 bridgehead atoms. The standard InChI is InChI=1S/C16H24ClNO2/c1-2-8-18-10-16(14-5-3-4-6-15(14)17)20-12-13-7-9-19-11-13/h3-6,13,16,18H,2,7-12H2,1H3. The van der Waals surface area contributed by atoms with Crippen molar-refractivity contribution in [3.05, 3.63) is 34.9 Å². The summed E-state index contributed by atoms with van der Waals surface area (Å²) in [5, 5.41) is 4.20. The van der Waals surface area contributed by atoms with Crippen molar-refractivity contribution in [1.82, 2.24) is 5.32 Å². The maximum atomic E-state index is 6.29. The fraction of sp³-hybridized carbons (Fsp3) is 0.625. The van der Waals surface area contributed by atoms with Crippen LogP contribution in [0.1, 0.15) is 31.4 Å². The Kier molecular flexibility index (Phi) is 6.80. The van der Waals surface area contributed by atoms with Gasteiger partial charge in [-0.15, -0.1) is 0 Å². The minimum Gasteiger partial charge on any atom is -0.381 e. The molecular formula is C16H24ClNO2. The van der Waals surface area contributed by atoms with E-state index >= 15 is 0 Å². The van der Waals surface area contributed by atoms with Gasteiger partial charge in [0.25, 0.3) is 0 Å². The molecule has 2 atom stereocenters. The van der Waals surface area contributed by atoms with Crippen LogP contribution in [0.25, 0.3) is 0 Å². The van der Waals surface area contributed by atoms with E-state index in [4.69, 9.17) is 21.1 Å². The third kappa shape index (κ3) is 4.74. The van der Waals surface area contributed by atoms with Gasteiger partial charge in [0.1, 0.15) is 0 Å². The Morgan fingerprint density at radius 2 is 2.30 bits per heavy atom. The van der Waals surface area contributed by atoms with Gasteiger partial charge in [-0.3, -0.25) is 0 Å². The summed E-state index contributed by atoms with van der Waals surface area (Å²) in [5.41, 5.74) is 1.07. The van der Waals surface area contributed by atoms with Gasteiger partial charge >= 0.3 is 0 Å². The average molecular weight is 298 g/mol. The van der Waals surface area contributed by atoms with Gasteiger partial charge in [0.15, 0.2) is 0 Å². The monoisotopic (exact) mass is 297 g/mol. The second-order valence-corrected chi connectivity index (χ2v) is 5.68. The Balaban J connectivity index is 1.94. The highest BCUT2D eigenvalue weighted by Crippen LogP contribution is 2.26. The van der Waals surface area contributed by atoms with Crippen LogP contribution in [0.2, 0.25) is 5.02 Å². The zero-order valence-electron chi connectivity index (χ0n) is 12.1. The molecule has 4 heteroatoms. The molecule has 0 radical (unpaired) electrons. The molecule has 0 saturated carbocycles. The molecule has 1 N–H and O–H groups in total. The lowest BCUT2D eigenvalue weighted by molar-refractivity contribution is 0.0255. The Hall–Kier alpha value is -0.610. The van der Waals surface area contributed by atoms with E-state index in [1.54, 1.807) is 0 Å². The summed E-state index contributed by atoms with van der Waals surface area (Å²) in [4.78, 5) is 0. The number of nitrogens with one attached hydrogen (secondary N) is 1. The minimum absolute atomic E-state index is 0.0100. The molecule has 1 aliphatic heterocycles. The summed E-state index contributed by atoms with van der Waals surface area (Å²) in [5.74, 6) is 0.520. The molecule has 2 unspecified atom stereocenters. The zero-order valence-corrected chi connectivity index (χ0v) is 12.9. The van der Waals surface area contributed by atoms with Crippen LogP contribution >= 0.6 is 11.6 Å². The third-order valence-electron chi connectivity index (χ3n) is 3.57. The second kappa shape index (κ2) is 8.63. The van der Waals surface area contributed by atoms with Crippen LogP contribution < -0.4 is 5.32 Å². The van der Waals surface area contributed by atoms with Crippen molar-refractivity contribution in [2.75, 3.05) is 32.9 Å². The number of hydrogen-bond acceptors (Lipinski definition) is 3. The van der Waals surface area contributed by atoms with Gasteiger partial charge in [-0.05, 0) is 25.5 Å². The second-order valence-electron chi connectivity index (χ2n) is 5.28. The van der Waals surface area contributed by atoms with E-state index in [2.05, 4.69) is 12.2 Å². The van der Waals surface area contributed by atoms with Crippen molar-refractivity contribution in [2.45, 2.75) is 25.9 Å². The van der Waals surface area contributed by atoms with E-state index < -0.39 is 0 Å². The lowest BCUT2D eigenvalue weighted by Crippen LogP contribution is -2.26. The van der Waals surface area contributed by atoms with Crippen LogP contribution in [-0.4, -0.2) is 32.9 Å². The van der Waals surface area contributed by atoms with E-state index in [1.165, 1.54) is 0 Å². The molecule has 0 spiro atoms. The summed E-state index contributed by atoms with van der Waals surface area (Å²) in [7, 11) is 0. The maximum absolute atomic E-state index is 6.29. The molecule has 0 amide bonds. The van der Waals surface area contributed by atoms with Crippen LogP contribution in [0.15, 0.2) is 24.3 Å². The Morgan fingerprint density at radius 3 is 3.00 bits per heavy atom. The van der Waals surface area contributed by atoms with Crippen LogP contribution in [-0.2, 0) is 9.47 Å². The number of rotatable bonds is 8. The molecular weight excluding hydrogens is 274 g/mol. The molecule has 20 heavy (non-hydrogen) atoms. The molecule has 0 aromatic heterocycles. The highest BCUT2D eigenvalue weighted by molar-refractivity contribution is 6.31. The Bertz CT molecular complexity index is 394. The number of benzene rings is 1. The lowest BCUT2D eigenvalue weighted by Gasteiger charge is -2.21. The summed E-state index contributed by atoms with van der Waals surface area (Å²) in [6.45, 7) is 6.37. The van der Waals surface area contributed by atoms with E-state index in [1.807, 2.05) is 24.3 Å². The van der Waals surface area contributed by atoms with E-state index in [0.29, 0.717) is 5.92 Å². The fourth-order valence-corrected chi connectivity index (χ4v) is 2.63. The average Bonchev–Trinajstić information content (AvgIpc) is 2.97. The quantitative estimate of drug-likeness (QED) is 0.746. The van der Waals surface area contributed by atoms with Gasteiger partial charge in [-0.1, -0.05) is 36.7 Å². The predicted octanol–water partition coefficient (Wildman–Crippen LogP) is 3.43. The van der Waals surface area contributed by atoms with E-state index in [9.17, 15) is 0 Å². The predicted molar refractivity (Wildman–Crippen MR) is 82.2 cm³/mol. The molecule has 1 saturated heterocycles. The maximum Gasteiger partial charge on any atom is 0.0963 e. The van der Waals surface area contributed by atoms with Gasteiger partial charge in [-0.25, -0.2) is 0 Å². The molecule has 1 fully saturated rings. The Morgan fingerprint density at radius 1 is 1.45 bits per heavy atom. The first-order valence-electron chi connectivity index (χ1n) is 7.45. The van der Waals surface area contributed by atoms with Crippen molar-refractivity contribution >= 4 is 11.6 Å². The van der Waals surface area contributed by atoms with Gasteiger partial charge in [0.05, 0.1) is 19.3 Å². The fourth-order valence-electron chi connectivity index (χ4n) is 2.37. The summed E-state index contributed by atoms with van der Waals surface area (Å²) in [6.07, 6.45) is 2.22. The first-order valence-corrected chi connectivity index (χ1v) is 7.83. The van der Waals surface area contributed by atoms with Gasteiger partial charge in [0.2, 0.25) is 0 Å². The van der Waals surface area contributed by atoms with Crippen molar-refractivity contribution in [3.63, 3.8) is 0 Å². The highest BCUT2D eigenvalue weighted by atomic mass is 35.5. The molecule has 1 aliphatic rings. The minimum atomic E-state index is 0.0100. The lowest BCUT2D eigenvalue weighted by atomic mass is 10.1. The molecule has 0 aliphatic carbocycles. The topological polar surface area (TPSA) is 30.5 Å². The van der Waals surface area contributed by atoms with Crippen molar-refractivity contribution in [1.29, 1.82) is 0 Å². The van der Waals surface area contributed by atoms with Crippen LogP contribution in [0.3, 0.4) is 0 Å². The SMILES string of the molecule is CCCNCC(OCC1CCOC1)c1ccccc1Cl. The number of ether oxygens (including phenoxy) is 2. The normalized spacial score (nSPS) is 20.2. The van der Waals surface area contributed by atoms with Crippen molar-refractivity contribution in [2.24, 2.45) is 5.92 Å². The summed E-state index contributed by atoms with van der Waals surface area (Å²) in [6, 6.07) is 7.93. The van der Waals surface area contributed by atoms with Gasteiger partial charge in [0, 0.05) is 29.7 Å². The van der Waals surface area contributed by atoms with Crippen molar-refractivity contribution < 1.29 is 9.47 Å². The van der Waals surface area contributed by atoms with Crippen LogP contribution in [0.4, 0.5) is 0 Å². The Labute approximate surface area is 126 Å². The molecule has 1 aromatic carbocycles. The van der Waals surface area contributed by atoms with E-state index in [0.717, 1.165) is 56.3 Å². The molecule has 112 valence electrons. The van der Waals surface area contributed by atoms with Gasteiger partial charge < -0.3 is 14.8 Å². The zero-order chi connectivity index (χ0) is 14.2. The molecule has 1 aromatic rings. The molecule has 3 nitrogen and oxygen atoms in total. The summed E-state index contributed by atoms with van der Waals surface area (Å²) >= 11 is 6.29. The highest BCUT2D eigenvalue weighted by Gasteiger charge is 2.20. The smallest absolute Gasteiger partial charge is 0.0963 e. The first-order chi connectivity index (χ1) is 9.81. The third-order valence-corrected chi connectivity index (χ3v) is 3.91. The summed E-state index contributed by atoms with van der Waals surface area (Å²) < 4.78 is 11.5. The first kappa shape index (κ1) is 15.8. The van der Waals surface area contributed by atoms with Crippen molar-refractivity contribution in [3.8, 4) is 0 Å². The number of hydrogen-bond donors (Lipinski definition) is 1. The molecule has 2 rings (SSSR count).